The molecule has 2 rings (SSSR count). The van der Waals surface area contributed by atoms with Gasteiger partial charge in [-0.1, -0.05) is 18.2 Å². The zero-order valence-electron chi connectivity index (χ0n) is 17.9. The molecule has 1 aromatic heterocycles. The summed E-state index contributed by atoms with van der Waals surface area (Å²) in [6, 6.07) is 8.28. The van der Waals surface area contributed by atoms with Crippen molar-refractivity contribution in [3.05, 3.63) is 59.5 Å². The molecule has 30 heavy (non-hydrogen) atoms. The third-order valence-corrected chi connectivity index (χ3v) is 5.11. The summed E-state index contributed by atoms with van der Waals surface area (Å²) in [5.41, 5.74) is 7.11. The van der Waals surface area contributed by atoms with Gasteiger partial charge in [-0.2, -0.15) is 0 Å². The molecule has 8 heteroatoms. The van der Waals surface area contributed by atoms with E-state index in [1.807, 2.05) is 25.8 Å². The molecule has 4 N–H and O–H groups in total. The predicted molar refractivity (Wildman–Crippen MR) is 115 cm³/mol. The highest BCUT2D eigenvalue weighted by atomic mass is 19.1. The van der Waals surface area contributed by atoms with Crippen LogP contribution >= 0.6 is 0 Å². The van der Waals surface area contributed by atoms with Crippen LogP contribution in [0.5, 0.6) is 0 Å². The topological polar surface area (TPSA) is 100 Å². The zero-order chi connectivity index (χ0) is 22.3. The van der Waals surface area contributed by atoms with Crippen LogP contribution in [-0.2, 0) is 22.6 Å². The Bertz CT molecular complexity index is 840. The first kappa shape index (κ1) is 23.3. The third-order valence-electron chi connectivity index (χ3n) is 5.11. The molecule has 0 fully saturated rings. The largest absolute Gasteiger partial charge is 0.384 e. The van der Waals surface area contributed by atoms with Crippen LogP contribution in [0.25, 0.3) is 0 Å². The number of carbonyl (C=O) groups excluding carboxylic acids is 2. The monoisotopic (exact) mass is 415 g/mol. The molecule has 7 nitrogen and oxygen atoms in total. The molecule has 2 aromatic rings. The Morgan fingerprint density at radius 3 is 2.27 bits per heavy atom. The summed E-state index contributed by atoms with van der Waals surface area (Å²) in [7, 11) is 1.86. The molecule has 0 aliphatic heterocycles. The molecule has 1 aromatic carbocycles. The quantitative estimate of drug-likeness (QED) is 0.581. The van der Waals surface area contributed by atoms with Crippen molar-refractivity contribution in [2.75, 3.05) is 12.8 Å². The molecule has 0 saturated carbocycles. The number of amides is 2. The van der Waals surface area contributed by atoms with Crippen molar-refractivity contribution in [2.24, 2.45) is 0 Å². The zero-order valence-corrected chi connectivity index (χ0v) is 17.9. The summed E-state index contributed by atoms with van der Waals surface area (Å²) < 4.78 is 13.2. The molecule has 162 valence electrons. The molecule has 2 amide bonds. The van der Waals surface area contributed by atoms with Gasteiger partial charge in [-0.25, -0.2) is 9.37 Å². The number of halogens is 1. The van der Waals surface area contributed by atoms with Crippen molar-refractivity contribution in [2.45, 2.75) is 51.9 Å². The van der Waals surface area contributed by atoms with E-state index in [9.17, 15) is 14.0 Å². The Morgan fingerprint density at radius 2 is 1.70 bits per heavy atom. The Morgan fingerprint density at radius 1 is 1.07 bits per heavy atom. The standard InChI is InChI=1S/C22H30FN5O2/c1-14(2)28(4)15(3)21(29)27-19(11-16-5-8-18(23)9-6-16)22(30)26-13-17-7-10-20(24)25-12-17/h5-10,12,14-15,19H,11,13H2,1-4H3,(H2,24,25)(H,26,30)(H,27,29)/t15-,19+/m1/s1. The van der Waals surface area contributed by atoms with Gasteiger partial charge in [0.1, 0.15) is 17.7 Å². The van der Waals surface area contributed by atoms with Crippen LogP contribution in [-0.4, -0.2) is 46.9 Å². The SMILES string of the molecule is CC(C)N(C)[C@H](C)C(=O)N[C@@H](Cc1ccc(F)cc1)C(=O)NCc1ccc(N)nc1. The number of nitrogens with one attached hydrogen (secondary N) is 2. The number of benzene rings is 1. The molecule has 2 atom stereocenters. The second-order valence-electron chi connectivity index (χ2n) is 7.64. The van der Waals surface area contributed by atoms with E-state index in [0.29, 0.717) is 5.82 Å². The molecule has 0 aliphatic carbocycles. The van der Waals surface area contributed by atoms with Crippen LogP contribution in [0, 0.1) is 5.82 Å². The minimum absolute atomic E-state index is 0.174. The van der Waals surface area contributed by atoms with Gasteiger partial charge in [-0.3, -0.25) is 14.5 Å². The predicted octanol–water partition coefficient (Wildman–Crippen LogP) is 1.88. The first-order chi connectivity index (χ1) is 14.2. The fraction of sp³-hybridized carbons (Fsp3) is 0.409. The lowest BCUT2D eigenvalue weighted by Crippen LogP contribution is -2.53. The number of rotatable bonds is 9. The van der Waals surface area contributed by atoms with Crippen molar-refractivity contribution in [1.82, 2.24) is 20.5 Å². The van der Waals surface area contributed by atoms with Crippen LogP contribution in [0.4, 0.5) is 10.2 Å². The second kappa shape index (κ2) is 10.7. The second-order valence-corrected chi connectivity index (χ2v) is 7.64. The van der Waals surface area contributed by atoms with E-state index in [-0.39, 0.29) is 36.6 Å². The average molecular weight is 416 g/mol. The molecule has 0 aliphatic rings. The highest BCUT2D eigenvalue weighted by Crippen LogP contribution is 2.09. The molecule has 0 unspecified atom stereocenters. The summed E-state index contributed by atoms with van der Waals surface area (Å²) >= 11 is 0. The van der Waals surface area contributed by atoms with Crippen LogP contribution in [0.15, 0.2) is 42.6 Å². The maximum Gasteiger partial charge on any atom is 0.243 e. The van der Waals surface area contributed by atoms with E-state index in [1.165, 1.54) is 12.1 Å². The lowest BCUT2D eigenvalue weighted by atomic mass is 10.0. The molecular weight excluding hydrogens is 385 g/mol. The van der Waals surface area contributed by atoms with Crippen molar-refractivity contribution < 1.29 is 14.0 Å². The van der Waals surface area contributed by atoms with E-state index < -0.39 is 12.1 Å². The number of anilines is 1. The summed E-state index contributed by atoms with van der Waals surface area (Å²) in [6.07, 6.45) is 1.83. The van der Waals surface area contributed by atoms with E-state index in [1.54, 1.807) is 37.4 Å². The highest BCUT2D eigenvalue weighted by molar-refractivity contribution is 5.89. The van der Waals surface area contributed by atoms with Gasteiger partial charge in [0, 0.05) is 25.2 Å². The Labute approximate surface area is 176 Å². The maximum absolute atomic E-state index is 13.2. The normalized spacial score (nSPS) is 13.2. The van der Waals surface area contributed by atoms with Gasteiger partial charge < -0.3 is 16.4 Å². The van der Waals surface area contributed by atoms with Gasteiger partial charge in [0.2, 0.25) is 11.8 Å². The van der Waals surface area contributed by atoms with Gasteiger partial charge in [0.05, 0.1) is 6.04 Å². The summed E-state index contributed by atoms with van der Waals surface area (Å²) in [6.45, 7) is 6.03. The number of hydrogen-bond acceptors (Lipinski definition) is 5. The van der Waals surface area contributed by atoms with Crippen molar-refractivity contribution in [3.8, 4) is 0 Å². The first-order valence-corrected chi connectivity index (χ1v) is 9.92. The minimum Gasteiger partial charge on any atom is -0.384 e. The minimum atomic E-state index is -0.798. The Kier molecular flexibility index (Phi) is 8.29. The smallest absolute Gasteiger partial charge is 0.243 e. The molecule has 0 radical (unpaired) electrons. The molecule has 0 bridgehead atoms. The maximum atomic E-state index is 13.2. The number of pyridine rings is 1. The number of hydrogen-bond donors (Lipinski definition) is 3. The summed E-state index contributed by atoms with van der Waals surface area (Å²) in [5.74, 6) is -0.534. The number of nitrogens with zero attached hydrogens (tertiary/aromatic N) is 2. The van der Waals surface area contributed by atoms with Crippen molar-refractivity contribution in [1.29, 1.82) is 0 Å². The number of carbonyl (C=O) groups is 2. The van der Waals surface area contributed by atoms with Gasteiger partial charge >= 0.3 is 0 Å². The lowest BCUT2D eigenvalue weighted by Gasteiger charge is -2.29. The van der Waals surface area contributed by atoms with Crippen LogP contribution in [0.2, 0.25) is 0 Å². The van der Waals surface area contributed by atoms with Gasteiger partial charge in [0.25, 0.3) is 0 Å². The van der Waals surface area contributed by atoms with E-state index in [2.05, 4.69) is 15.6 Å². The fourth-order valence-corrected chi connectivity index (χ4v) is 2.84. The first-order valence-electron chi connectivity index (χ1n) is 9.92. The van der Waals surface area contributed by atoms with Crippen LogP contribution in [0.1, 0.15) is 31.9 Å². The molecule has 1 heterocycles. The van der Waals surface area contributed by atoms with Gasteiger partial charge in [-0.15, -0.1) is 0 Å². The Hall–Kier alpha value is -3.00. The van der Waals surface area contributed by atoms with E-state index >= 15 is 0 Å². The van der Waals surface area contributed by atoms with Crippen LogP contribution in [0.3, 0.4) is 0 Å². The number of aromatic nitrogens is 1. The lowest BCUT2D eigenvalue weighted by molar-refractivity contribution is -0.131. The fourth-order valence-electron chi connectivity index (χ4n) is 2.84. The molecule has 0 spiro atoms. The highest BCUT2D eigenvalue weighted by Gasteiger charge is 2.26. The summed E-state index contributed by atoms with van der Waals surface area (Å²) in [5, 5.41) is 5.66. The van der Waals surface area contributed by atoms with Gasteiger partial charge in [0.15, 0.2) is 0 Å². The van der Waals surface area contributed by atoms with E-state index in [4.69, 9.17) is 5.73 Å². The summed E-state index contributed by atoms with van der Waals surface area (Å²) in [4.78, 5) is 31.5. The van der Waals surface area contributed by atoms with Crippen LogP contribution < -0.4 is 16.4 Å². The van der Waals surface area contributed by atoms with Gasteiger partial charge in [-0.05, 0) is 57.1 Å². The third kappa shape index (κ3) is 6.81. The number of nitrogen functional groups attached to an aromatic ring is 1. The Balaban J connectivity index is 2.10. The van der Waals surface area contributed by atoms with Crippen molar-refractivity contribution >= 4 is 17.6 Å². The van der Waals surface area contributed by atoms with Crippen molar-refractivity contribution in [3.63, 3.8) is 0 Å². The molecular formula is C22H30FN5O2. The molecule has 0 saturated heterocycles. The number of likely N-dealkylation sites (N-methyl/N-ethyl adjacent to an activating group) is 1. The average Bonchev–Trinajstić information content (AvgIpc) is 2.72. The number of nitrogens with two attached hydrogens (primary N) is 1. The van der Waals surface area contributed by atoms with E-state index in [0.717, 1.165) is 11.1 Å².